The van der Waals surface area contributed by atoms with Gasteiger partial charge in [0.25, 0.3) is 0 Å². The molecule has 0 spiro atoms. The average molecular weight is 635 g/mol. The first-order valence-electron chi connectivity index (χ1n) is 17.1. The van der Waals surface area contributed by atoms with Gasteiger partial charge in [0.15, 0.2) is 17.5 Å². The number of ether oxygens (including phenoxy) is 4. The van der Waals surface area contributed by atoms with E-state index in [0.717, 1.165) is 18.9 Å². The lowest BCUT2D eigenvalue weighted by molar-refractivity contribution is -0.137. The van der Waals surface area contributed by atoms with Crippen LogP contribution in [0.15, 0.2) is 53.5 Å². The van der Waals surface area contributed by atoms with E-state index in [2.05, 4.69) is 106 Å². The second-order valence-corrected chi connectivity index (χ2v) is 16.3. The molecule has 2 aromatic carbocycles. The van der Waals surface area contributed by atoms with Gasteiger partial charge >= 0.3 is 0 Å². The molecular formula is C38H58N4O4. The Morgan fingerprint density at radius 3 is 1.76 bits per heavy atom. The molecule has 4 atom stereocenters. The lowest BCUT2D eigenvalue weighted by Crippen LogP contribution is -2.47. The van der Waals surface area contributed by atoms with Crippen molar-refractivity contribution in [2.24, 2.45) is 4.99 Å². The number of rotatable bonds is 8. The summed E-state index contributed by atoms with van der Waals surface area (Å²) >= 11 is 0. The van der Waals surface area contributed by atoms with Crippen molar-refractivity contribution >= 4 is 5.96 Å². The van der Waals surface area contributed by atoms with Crippen molar-refractivity contribution in [1.82, 2.24) is 16.0 Å². The second-order valence-electron chi connectivity index (χ2n) is 16.3. The number of nitrogens with zero attached hydrogens (tertiary/aromatic N) is 1. The molecule has 0 aromatic heterocycles. The number of aliphatic imine (C=N–C) groups is 1. The Labute approximate surface area is 277 Å². The van der Waals surface area contributed by atoms with Crippen LogP contribution in [0.25, 0.3) is 0 Å². The quantitative estimate of drug-likeness (QED) is 0.243. The van der Waals surface area contributed by atoms with E-state index >= 15 is 0 Å². The van der Waals surface area contributed by atoms with Gasteiger partial charge in [-0.05, 0) is 67.2 Å². The van der Waals surface area contributed by atoms with Crippen LogP contribution in [-0.2, 0) is 29.8 Å². The fourth-order valence-electron chi connectivity index (χ4n) is 6.63. The smallest absolute Gasteiger partial charge is 0.191 e. The van der Waals surface area contributed by atoms with Gasteiger partial charge < -0.3 is 34.9 Å². The molecule has 3 fully saturated rings. The molecule has 3 aliphatic heterocycles. The molecule has 2 unspecified atom stereocenters. The van der Waals surface area contributed by atoms with Crippen LogP contribution in [0.4, 0.5) is 0 Å². The summed E-state index contributed by atoms with van der Waals surface area (Å²) in [7, 11) is 0. The van der Waals surface area contributed by atoms with Crippen molar-refractivity contribution in [2.75, 3.05) is 32.8 Å². The third kappa shape index (κ3) is 9.10. The molecule has 0 amide bonds. The van der Waals surface area contributed by atoms with E-state index in [4.69, 9.17) is 23.9 Å². The molecule has 3 heterocycles. The molecule has 5 rings (SSSR count). The van der Waals surface area contributed by atoms with Crippen molar-refractivity contribution in [3.05, 3.63) is 70.8 Å². The maximum absolute atomic E-state index is 6.05. The van der Waals surface area contributed by atoms with Gasteiger partial charge in [0.2, 0.25) is 0 Å². The summed E-state index contributed by atoms with van der Waals surface area (Å²) in [6, 6.07) is 19.0. The topological polar surface area (TPSA) is 85.4 Å². The summed E-state index contributed by atoms with van der Waals surface area (Å²) in [6.07, 6.45) is 0.835. The van der Waals surface area contributed by atoms with Crippen LogP contribution in [0.2, 0.25) is 0 Å². The van der Waals surface area contributed by atoms with Crippen molar-refractivity contribution < 1.29 is 18.9 Å². The highest BCUT2D eigenvalue weighted by molar-refractivity contribution is 5.80. The number of guanidine groups is 1. The van der Waals surface area contributed by atoms with Crippen molar-refractivity contribution in [3.8, 4) is 0 Å². The zero-order valence-electron chi connectivity index (χ0n) is 29.8. The van der Waals surface area contributed by atoms with Crippen LogP contribution < -0.4 is 16.0 Å². The molecule has 3 N–H and O–H groups in total. The van der Waals surface area contributed by atoms with Gasteiger partial charge in [0.05, 0.1) is 19.8 Å². The Hall–Kier alpha value is -2.49. The summed E-state index contributed by atoms with van der Waals surface area (Å²) in [5, 5.41) is 11.1. The molecule has 46 heavy (non-hydrogen) atoms. The highest BCUT2D eigenvalue weighted by Gasteiger charge is 2.36. The number of hydrogen-bond donors (Lipinski definition) is 3. The zero-order valence-corrected chi connectivity index (χ0v) is 29.8. The fourth-order valence-corrected chi connectivity index (χ4v) is 6.63. The van der Waals surface area contributed by atoms with Gasteiger partial charge in [0, 0.05) is 31.1 Å². The Morgan fingerprint density at radius 1 is 0.804 bits per heavy atom. The van der Waals surface area contributed by atoms with Crippen LogP contribution in [0.3, 0.4) is 0 Å². The first-order valence-corrected chi connectivity index (χ1v) is 17.1. The molecule has 254 valence electrons. The Balaban J connectivity index is 1.33. The third-order valence-electron chi connectivity index (χ3n) is 9.26. The lowest BCUT2D eigenvalue weighted by Gasteiger charge is -2.28. The molecule has 8 heteroatoms. The zero-order chi connectivity index (χ0) is 33.3. The largest absolute Gasteiger partial charge is 0.354 e. The van der Waals surface area contributed by atoms with Crippen molar-refractivity contribution in [1.29, 1.82) is 0 Å². The van der Waals surface area contributed by atoms with E-state index in [9.17, 15) is 0 Å². The van der Waals surface area contributed by atoms with Gasteiger partial charge in [-0.2, -0.15) is 0 Å². The summed E-state index contributed by atoms with van der Waals surface area (Å²) in [5.41, 5.74) is 5.60. The predicted molar refractivity (Wildman–Crippen MR) is 186 cm³/mol. The Bertz CT molecular complexity index is 1270. The summed E-state index contributed by atoms with van der Waals surface area (Å²) < 4.78 is 23.7. The Kier molecular flexibility index (Phi) is 10.3. The van der Waals surface area contributed by atoms with Gasteiger partial charge in [-0.25, -0.2) is 0 Å². The van der Waals surface area contributed by atoms with E-state index in [0.29, 0.717) is 26.3 Å². The standard InChI is InChI=1S/C38H58N4O4/c1-35(2,3)27-15-11-25(12-16-27)33(26-13-17-28(18-14-26)36(4,5)6)32-19-29(20-39-32)42-34(40-21-30-23-43-37(7,8)45-30)41-22-31-24-44-38(9,10)46-31/h11-18,29-33,39H,19-24H2,1-10H3,(H2,40,41,42)/t29-,30?,31?,32-/m1/s1. The van der Waals surface area contributed by atoms with Gasteiger partial charge in [-0.3, -0.25) is 4.99 Å². The van der Waals surface area contributed by atoms with E-state index in [1.54, 1.807) is 0 Å². The molecule has 2 aromatic rings. The van der Waals surface area contributed by atoms with Crippen LogP contribution in [-0.4, -0.2) is 74.7 Å². The molecular weight excluding hydrogens is 576 g/mol. The van der Waals surface area contributed by atoms with E-state index in [1.165, 1.54) is 22.3 Å². The van der Waals surface area contributed by atoms with E-state index < -0.39 is 11.6 Å². The van der Waals surface area contributed by atoms with Crippen LogP contribution in [0, 0.1) is 0 Å². The van der Waals surface area contributed by atoms with E-state index in [-0.39, 0.29) is 41.0 Å². The van der Waals surface area contributed by atoms with Gasteiger partial charge in [0.1, 0.15) is 12.2 Å². The fraction of sp³-hybridized carbons (Fsp3) is 0.658. The van der Waals surface area contributed by atoms with E-state index in [1.807, 2.05) is 27.7 Å². The monoisotopic (exact) mass is 634 g/mol. The Morgan fingerprint density at radius 2 is 1.30 bits per heavy atom. The molecule has 3 aliphatic rings. The first kappa shape index (κ1) is 34.8. The van der Waals surface area contributed by atoms with Crippen LogP contribution >= 0.6 is 0 Å². The second kappa shape index (κ2) is 13.6. The number of hydrogen-bond acceptors (Lipinski definition) is 6. The summed E-state index contributed by atoms with van der Waals surface area (Å²) in [6.45, 7) is 24.5. The molecule has 0 bridgehead atoms. The predicted octanol–water partition coefficient (Wildman–Crippen LogP) is 5.98. The lowest BCUT2D eigenvalue weighted by atomic mass is 9.80. The maximum Gasteiger partial charge on any atom is 0.191 e. The molecule has 0 radical (unpaired) electrons. The third-order valence-corrected chi connectivity index (χ3v) is 9.26. The van der Waals surface area contributed by atoms with Crippen molar-refractivity contribution in [3.63, 3.8) is 0 Å². The van der Waals surface area contributed by atoms with Crippen LogP contribution in [0.5, 0.6) is 0 Å². The van der Waals surface area contributed by atoms with Crippen molar-refractivity contribution in [2.45, 2.75) is 128 Å². The molecule has 0 aliphatic carbocycles. The molecule has 8 nitrogen and oxygen atoms in total. The number of nitrogens with one attached hydrogen (secondary N) is 3. The normalized spacial score (nSPS) is 26.5. The minimum Gasteiger partial charge on any atom is -0.354 e. The highest BCUT2D eigenvalue weighted by atomic mass is 16.7. The first-order chi connectivity index (χ1) is 21.5. The molecule has 3 saturated heterocycles. The van der Waals surface area contributed by atoms with Gasteiger partial charge in [-0.1, -0.05) is 90.1 Å². The highest BCUT2D eigenvalue weighted by Crippen LogP contribution is 2.35. The SMILES string of the molecule is CC1(C)OCC(C/N=C(\NCC2COC(C)(C)O2)N[C@H]2CN[C@@H](C(c3ccc(C(C)(C)C)cc3)c3ccc(C(C)(C)C)cc3)C2)O1. The minimum absolute atomic E-state index is 0.0435. The molecule has 0 saturated carbocycles. The van der Waals surface area contributed by atoms with Crippen LogP contribution in [0.1, 0.15) is 104 Å². The number of benzene rings is 2. The summed E-state index contributed by atoms with van der Waals surface area (Å²) in [4.78, 5) is 4.95. The maximum atomic E-state index is 6.05. The average Bonchev–Trinajstić information content (AvgIpc) is 3.67. The van der Waals surface area contributed by atoms with Gasteiger partial charge in [-0.15, -0.1) is 0 Å². The summed E-state index contributed by atoms with van der Waals surface area (Å²) in [5.74, 6) is -0.156. The minimum atomic E-state index is -0.574.